The average molecular weight is 233 g/mol. The van der Waals surface area contributed by atoms with Gasteiger partial charge in [-0.3, -0.25) is 0 Å². The van der Waals surface area contributed by atoms with Gasteiger partial charge in [-0.25, -0.2) is 0 Å². The van der Waals surface area contributed by atoms with E-state index in [1.807, 2.05) is 0 Å². The van der Waals surface area contributed by atoms with Crippen LogP contribution < -0.4 is 5.32 Å². The fourth-order valence-corrected chi connectivity index (χ4v) is 1.85. The largest absolute Gasteiger partial charge is 0.369 e. The number of benzene rings is 1. The van der Waals surface area contributed by atoms with Crippen molar-refractivity contribution >= 4 is 0 Å². The molecular formula is C15H23NO. The molecule has 0 spiro atoms. The first-order chi connectivity index (χ1) is 8.29. The maximum atomic E-state index is 6.10. The first kappa shape index (κ1) is 12.6. The van der Waals surface area contributed by atoms with E-state index in [0.29, 0.717) is 6.10 Å². The Kier molecular flexibility index (Phi) is 4.57. The highest BCUT2D eigenvalue weighted by Gasteiger charge is 2.23. The van der Waals surface area contributed by atoms with Crippen molar-refractivity contribution in [2.24, 2.45) is 0 Å². The Hall–Kier alpha value is -0.860. The third-order valence-corrected chi connectivity index (χ3v) is 3.31. The summed E-state index contributed by atoms with van der Waals surface area (Å²) in [7, 11) is 0. The lowest BCUT2D eigenvalue weighted by Crippen LogP contribution is -2.27. The molecule has 0 aliphatic heterocycles. The highest BCUT2D eigenvalue weighted by molar-refractivity contribution is 5.18. The van der Waals surface area contributed by atoms with Crippen LogP contribution in [-0.4, -0.2) is 18.7 Å². The zero-order valence-corrected chi connectivity index (χ0v) is 10.9. The predicted molar refractivity (Wildman–Crippen MR) is 71.0 cm³/mol. The Morgan fingerprint density at radius 1 is 1.29 bits per heavy atom. The summed E-state index contributed by atoms with van der Waals surface area (Å²) in [5.41, 5.74) is 1.28. The van der Waals surface area contributed by atoms with E-state index in [9.17, 15) is 0 Å². The van der Waals surface area contributed by atoms with Gasteiger partial charge >= 0.3 is 0 Å². The van der Waals surface area contributed by atoms with Gasteiger partial charge in [0, 0.05) is 12.6 Å². The van der Waals surface area contributed by atoms with Crippen LogP contribution in [0, 0.1) is 0 Å². The van der Waals surface area contributed by atoms with Gasteiger partial charge in [0.2, 0.25) is 0 Å². The van der Waals surface area contributed by atoms with Crippen molar-refractivity contribution in [3.8, 4) is 0 Å². The summed E-state index contributed by atoms with van der Waals surface area (Å²) in [5.74, 6) is 0. The molecule has 0 aromatic heterocycles. The van der Waals surface area contributed by atoms with Crippen LogP contribution in [0.3, 0.4) is 0 Å². The second-order valence-corrected chi connectivity index (χ2v) is 4.94. The van der Waals surface area contributed by atoms with Gasteiger partial charge in [-0.1, -0.05) is 37.3 Å². The summed E-state index contributed by atoms with van der Waals surface area (Å²) < 4.78 is 6.10. The molecule has 1 saturated carbocycles. The molecule has 1 fully saturated rings. The third-order valence-electron chi connectivity index (χ3n) is 3.31. The van der Waals surface area contributed by atoms with E-state index < -0.39 is 0 Å². The van der Waals surface area contributed by atoms with Gasteiger partial charge in [0.1, 0.15) is 0 Å². The first-order valence-corrected chi connectivity index (χ1v) is 6.73. The molecule has 0 saturated heterocycles. The molecule has 2 heteroatoms. The summed E-state index contributed by atoms with van der Waals surface area (Å²) >= 11 is 0. The van der Waals surface area contributed by atoms with Crippen molar-refractivity contribution in [2.75, 3.05) is 6.54 Å². The van der Waals surface area contributed by atoms with Crippen molar-refractivity contribution < 1.29 is 4.74 Å². The molecule has 17 heavy (non-hydrogen) atoms. The highest BCUT2D eigenvalue weighted by atomic mass is 16.5. The number of rotatable bonds is 7. The van der Waals surface area contributed by atoms with E-state index in [0.717, 1.165) is 19.0 Å². The second-order valence-electron chi connectivity index (χ2n) is 4.94. The van der Waals surface area contributed by atoms with Crippen molar-refractivity contribution in [3.63, 3.8) is 0 Å². The molecule has 0 heterocycles. The van der Waals surface area contributed by atoms with Gasteiger partial charge < -0.3 is 10.1 Å². The second kappa shape index (κ2) is 6.18. The molecule has 0 radical (unpaired) electrons. The van der Waals surface area contributed by atoms with Gasteiger partial charge in [0.25, 0.3) is 0 Å². The standard InChI is InChI=1S/C15H23NO/c1-3-12(2)17-15(11-16-14-9-10-14)13-7-5-4-6-8-13/h4-8,12,14-16H,3,9-11H2,1-2H3. The molecule has 1 aromatic carbocycles. The predicted octanol–water partition coefficient (Wildman–Crippen LogP) is 3.29. The molecule has 1 N–H and O–H groups in total. The minimum absolute atomic E-state index is 0.187. The van der Waals surface area contributed by atoms with E-state index >= 15 is 0 Å². The lowest BCUT2D eigenvalue weighted by Gasteiger charge is -2.22. The molecule has 1 aliphatic rings. The molecule has 1 aliphatic carbocycles. The Labute approximate surface area is 104 Å². The third kappa shape index (κ3) is 4.14. The quantitative estimate of drug-likeness (QED) is 0.780. The maximum Gasteiger partial charge on any atom is 0.0952 e. The molecular weight excluding hydrogens is 210 g/mol. The molecule has 2 unspecified atom stereocenters. The maximum absolute atomic E-state index is 6.10. The molecule has 94 valence electrons. The van der Waals surface area contributed by atoms with Crippen LogP contribution >= 0.6 is 0 Å². The van der Waals surface area contributed by atoms with Crippen LogP contribution in [0.1, 0.15) is 44.8 Å². The first-order valence-electron chi connectivity index (χ1n) is 6.73. The molecule has 0 bridgehead atoms. The Balaban J connectivity index is 1.95. The smallest absolute Gasteiger partial charge is 0.0952 e. The molecule has 0 amide bonds. The van der Waals surface area contributed by atoms with Crippen LogP contribution in [0.2, 0.25) is 0 Å². The van der Waals surface area contributed by atoms with Crippen LogP contribution in [-0.2, 0) is 4.74 Å². The van der Waals surface area contributed by atoms with Crippen molar-refractivity contribution in [1.82, 2.24) is 5.32 Å². The molecule has 2 rings (SSSR count). The van der Waals surface area contributed by atoms with Gasteiger partial charge in [-0.15, -0.1) is 0 Å². The number of hydrogen-bond donors (Lipinski definition) is 1. The average Bonchev–Trinajstić information content (AvgIpc) is 3.19. The highest BCUT2D eigenvalue weighted by Crippen LogP contribution is 2.23. The van der Waals surface area contributed by atoms with Crippen LogP contribution in [0.15, 0.2) is 30.3 Å². The van der Waals surface area contributed by atoms with Gasteiger partial charge in [-0.05, 0) is 31.7 Å². The molecule has 1 aromatic rings. The number of ether oxygens (including phenoxy) is 1. The fourth-order valence-electron chi connectivity index (χ4n) is 1.85. The lowest BCUT2D eigenvalue weighted by molar-refractivity contribution is -0.00469. The molecule has 2 nitrogen and oxygen atoms in total. The Morgan fingerprint density at radius 3 is 2.59 bits per heavy atom. The van der Waals surface area contributed by atoms with Crippen molar-refractivity contribution in [3.05, 3.63) is 35.9 Å². The zero-order chi connectivity index (χ0) is 12.1. The molecule has 2 atom stereocenters. The topological polar surface area (TPSA) is 21.3 Å². The Morgan fingerprint density at radius 2 is 2.00 bits per heavy atom. The van der Waals surface area contributed by atoms with Crippen LogP contribution in [0.5, 0.6) is 0 Å². The van der Waals surface area contributed by atoms with E-state index in [2.05, 4.69) is 49.5 Å². The van der Waals surface area contributed by atoms with E-state index in [1.165, 1.54) is 18.4 Å². The van der Waals surface area contributed by atoms with Gasteiger partial charge in [-0.2, -0.15) is 0 Å². The van der Waals surface area contributed by atoms with Crippen molar-refractivity contribution in [1.29, 1.82) is 0 Å². The summed E-state index contributed by atoms with van der Waals surface area (Å²) in [6, 6.07) is 11.3. The minimum atomic E-state index is 0.187. The van der Waals surface area contributed by atoms with E-state index in [1.54, 1.807) is 0 Å². The summed E-state index contributed by atoms with van der Waals surface area (Å²) in [6.07, 6.45) is 4.22. The van der Waals surface area contributed by atoms with E-state index in [4.69, 9.17) is 4.74 Å². The monoisotopic (exact) mass is 233 g/mol. The van der Waals surface area contributed by atoms with Gasteiger partial charge in [0.05, 0.1) is 12.2 Å². The minimum Gasteiger partial charge on any atom is -0.369 e. The number of hydrogen-bond acceptors (Lipinski definition) is 2. The SMILES string of the molecule is CCC(C)OC(CNC1CC1)c1ccccc1. The van der Waals surface area contributed by atoms with Crippen molar-refractivity contribution in [2.45, 2.75) is 51.4 Å². The summed E-state index contributed by atoms with van der Waals surface area (Å²) in [5, 5.41) is 3.56. The van der Waals surface area contributed by atoms with Gasteiger partial charge in [0.15, 0.2) is 0 Å². The Bertz CT molecular complexity index is 321. The lowest BCUT2D eigenvalue weighted by atomic mass is 10.1. The number of nitrogens with one attached hydrogen (secondary N) is 1. The zero-order valence-electron chi connectivity index (χ0n) is 10.9. The van der Waals surface area contributed by atoms with E-state index in [-0.39, 0.29) is 6.10 Å². The normalized spacial score (nSPS) is 18.9. The summed E-state index contributed by atoms with van der Waals surface area (Å²) in [6.45, 7) is 5.24. The fraction of sp³-hybridized carbons (Fsp3) is 0.600. The van der Waals surface area contributed by atoms with Crippen LogP contribution in [0.25, 0.3) is 0 Å². The summed E-state index contributed by atoms with van der Waals surface area (Å²) in [4.78, 5) is 0. The van der Waals surface area contributed by atoms with Crippen LogP contribution in [0.4, 0.5) is 0 Å².